The Hall–Kier alpha value is -0.660. The minimum atomic E-state index is -0.0211. The molecular weight excluding hydrogens is 322 g/mol. The van der Waals surface area contributed by atoms with Gasteiger partial charge in [-0.15, -0.1) is 6.42 Å². The Balaban J connectivity index is 3.03. The molecule has 0 spiro atoms. The minimum absolute atomic E-state index is 0.0211. The average Bonchev–Trinajstić information content (AvgIpc) is 2.21. The molecule has 2 nitrogen and oxygen atoms in total. The van der Waals surface area contributed by atoms with Crippen LogP contribution >= 0.6 is 31.9 Å². The molecule has 0 saturated heterocycles. The zero-order valence-electron chi connectivity index (χ0n) is 8.47. The van der Waals surface area contributed by atoms with Crippen LogP contribution in [0.15, 0.2) is 21.1 Å². The van der Waals surface area contributed by atoms with E-state index < -0.39 is 0 Å². The van der Waals surface area contributed by atoms with Crippen LogP contribution in [0.3, 0.4) is 0 Å². The topological polar surface area (TPSA) is 21.3 Å². The fourth-order valence-corrected chi connectivity index (χ4v) is 2.34. The molecule has 0 bridgehead atoms. The highest BCUT2D eigenvalue weighted by Gasteiger charge is 2.08. The molecular formula is C11H11Br2NO. The van der Waals surface area contributed by atoms with Crippen molar-refractivity contribution in [2.75, 3.05) is 12.4 Å². The van der Waals surface area contributed by atoms with Crippen LogP contribution < -0.4 is 10.1 Å². The van der Waals surface area contributed by atoms with Crippen molar-refractivity contribution >= 4 is 37.5 Å². The van der Waals surface area contributed by atoms with E-state index in [1.807, 2.05) is 19.1 Å². The summed E-state index contributed by atoms with van der Waals surface area (Å²) in [5, 5.41) is 3.18. The van der Waals surface area contributed by atoms with Crippen LogP contribution in [0.4, 0.5) is 5.69 Å². The molecule has 1 aromatic carbocycles. The van der Waals surface area contributed by atoms with Crippen molar-refractivity contribution in [2.45, 2.75) is 13.0 Å². The van der Waals surface area contributed by atoms with Crippen LogP contribution in [0.1, 0.15) is 6.92 Å². The summed E-state index contributed by atoms with van der Waals surface area (Å²) in [4.78, 5) is 0. The molecule has 0 fully saturated rings. The molecule has 1 unspecified atom stereocenters. The van der Waals surface area contributed by atoms with E-state index in [1.54, 1.807) is 7.11 Å². The van der Waals surface area contributed by atoms with Crippen LogP contribution in [0.25, 0.3) is 0 Å². The van der Waals surface area contributed by atoms with Gasteiger partial charge in [-0.05, 0) is 44.8 Å². The maximum absolute atomic E-state index is 5.30. The van der Waals surface area contributed by atoms with Gasteiger partial charge in [-0.2, -0.15) is 0 Å². The standard InChI is InChI=1S/C11H11Br2NO/c1-4-7(2)14-10-6-11(15-3)9(13)5-8(10)12/h1,5-7,14H,2-3H3. The second-order valence-electron chi connectivity index (χ2n) is 3.00. The summed E-state index contributed by atoms with van der Waals surface area (Å²) in [7, 11) is 1.63. The summed E-state index contributed by atoms with van der Waals surface area (Å²) >= 11 is 6.85. The second-order valence-corrected chi connectivity index (χ2v) is 4.71. The van der Waals surface area contributed by atoms with Crippen LogP contribution in [0.2, 0.25) is 0 Å². The van der Waals surface area contributed by atoms with Crippen LogP contribution in [0.5, 0.6) is 5.75 Å². The van der Waals surface area contributed by atoms with Crippen LogP contribution in [-0.4, -0.2) is 13.2 Å². The number of anilines is 1. The zero-order valence-corrected chi connectivity index (χ0v) is 11.6. The van der Waals surface area contributed by atoms with E-state index in [-0.39, 0.29) is 6.04 Å². The van der Waals surface area contributed by atoms with Crippen molar-refractivity contribution in [1.29, 1.82) is 0 Å². The number of rotatable bonds is 3. The molecule has 0 saturated carbocycles. The lowest BCUT2D eigenvalue weighted by Crippen LogP contribution is -2.12. The van der Waals surface area contributed by atoms with E-state index in [4.69, 9.17) is 11.2 Å². The first-order chi connectivity index (χ1) is 7.08. The van der Waals surface area contributed by atoms with Gasteiger partial charge in [-0.1, -0.05) is 5.92 Å². The molecule has 1 aromatic rings. The number of hydrogen-bond acceptors (Lipinski definition) is 2. The monoisotopic (exact) mass is 331 g/mol. The van der Waals surface area contributed by atoms with Gasteiger partial charge in [0.25, 0.3) is 0 Å². The van der Waals surface area contributed by atoms with Crippen molar-refractivity contribution in [2.24, 2.45) is 0 Å². The minimum Gasteiger partial charge on any atom is -0.495 e. The lowest BCUT2D eigenvalue weighted by molar-refractivity contribution is 0.412. The number of hydrogen-bond donors (Lipinski definition) is 1. The largest absolute Gasteiger partial charge is 0.495 e. The third kappa shape index (κ3) is 3.15. The predicted molar refractivity (Wildman–Crippen MR) is 70.3 cm³/mol. The Labute approximate surface area is 107 Å². The quantitative estimate of drug-likeness (QED) is 0.853. The summed E-state index contributed by atoms with van der Waals surface area (Å²) in [6.07, 6.45) is 5.30. The van der Waals surface area contributed by atoms with Gasteiger partial charge >= 0.3 is 0 Å². The second kappa shape index (κ2) is 5.43. The smallest absolute Gasteiger partial charge is 0.135 e. The van der Waals surface area contributed by atoms with Gasteiger partial charge in [0.1, 0.15) is 5.75 Å². The van der Waals surface area contributed by atoms with Crippen LogP contribution in [0, 0.1) is 12.3 Å². The lowest BCUT2D eigenvalue weighted by Gasteiger charge is -2.13. The van der Waals surface area contributed by atoms with Crippen molar-refractivity contribution in [3.8, 4) is 18.1 Å². The fourth-order valence-electron chi connectivity index (χ4n) is 1.07. The first-order valence-electron chi connectivity index (χ1n) is 4.34. The molecule has 80 valence electrons. The summed E-state index contributed by atoms with van der Waals surface area (Å²) in [5.74, 6) is 3.38. The normalized spacial score (nSPS) is 11.7. The van der Waals surface area contributed by atoms with Gasteiger partial charge in [0.05, 0.1) is 23.3 Å². The maximum atomic E-state index is 5.30. The van der Waals surface area contributed by atoms with Gasteiger partial charge in [-0.3, -0.25) is 0 Å². The zero-order chi connectivity index (χ0) is 11.4. The van der Waals surface area contributed by atoms with E-state index >= 15 is 0 Å². The fraction of sp³-hybridized carbons (Fsp3) is 0.273. The first-order valence-corrected chi connectivity index (χ1v) is 5.92. The van der Waals surface area contributed by atoms with Crippen LogP contribution in [-0.2, 0) is 0 Å². The third-order valence-corrected chi connectivity index (χ3v) is 3.14. The number of halogens is 2. The molecule has 0 aromatic heterocycles. The third-order valence-electron chi connectivity index (χ3n) is 1.86. The molecule has 0 aliphatic heterocycles. The molecule has 0 radical (unpaired) electrons. The SMILES string of the molecule is C#CC(C)Nc1cc(OC)c(Br)cc1Br. The van der Waals surface area contributed by atoms with Gasteiger partial charge in [0.15, 0.2) is 0 Å². The molecule has 15 heavy (non-hydrogen) atoms. The highest BCUT2D eigenvalue weighted by molar-refractivity contribution is 9.11. The summed E-state index contributed by atoms with van der Waals surface area (Å²) in [6.45, 7) is 1.92. The number of benzene rings is 1. The van der Waals surface area contributed by atoms with Crippen molar-refractivity contribution < 1.29 is 4.74 Å². The van der Waals surface area contributed by atoms with Gasteiger partial charge in [0.2, 0.25) is 0 Å². The summed E-state index contributed by atoms with van der Waals surface area (Å²) in [5.41, 5.74) is 0.917. The number of terminal acetylenes is 1. The number of ether oxygens (including phenoxy) is 1. The Morgan fingerprint density at radius 3 is 2.60 bits per heavy atom. The molecule has 0 amide bonds. The van der Waals surface area contributed by atoms with E-state index in [9.17, 15) is 0 Å². The molecule has 4 heteroatoms. The van der Waals surface area contributed by atoms with Crippen molar-refractivity contribution in [3.05, 3.63) is 21.1 Å². The molecule has 0 heterocycles. The maximum Gasteiger partial charge on any atom is 0.135 e. The van der Waals surface area contributed by atoms with Gasteiger partial charge in [-0.25, -0.2) is 0 Å². The van der Waals surface area contributed by atoms with E-state index in [0.29, 0.717) is 0 Å². The molecule has 0 aliphatic rings. The predicted octanol–water partition coefficient (Wildman–Crippen LogP) is 3.65. The Morgan fingerprint density at radius 2 is 2.07 bits per heavy atom. The van der Waals surface area contributed by atoms with E-state index in [2.05, 4.69) is 43.1 Å². The number of methoxy groups -OCH3 is 1. The van der Waals surface area contributed by atoms with E-state index in [0.717, 1.165) is 20.4 Å². The van der Waals surface area contributed by atoms with Gasteiger partial charge in [0, 0.05) is 10.5 Å². The molecule has 1 N–H and O–H groups in total. The Bertz CT molecular complexity index is 398. The highest BCUT2D eigenvalue weighted by atomic mass is 79.9. The average molecular weight is 333 g/mol. The highest BCUT2D eigenvalue weighted by Crippen LogP contribution is 2.34. The summed E-state index contributed by atoms with van der Waals surface area (Å²) < 4.78 is 7.04. The van der Waals surface area contributed by atoms with Crippen molar-refractivity contribution in [1.82, 2.24) is 0 Å². The Kier molecular flexibility index (Phi) is 4.49. The molecule has 0 aliphatic carbocycles. The molecule has 1 atom stereocenters. The van der Waals surface area contributed by atoms with E-state index in [1.165, 1.54) is 0 Å². The Morgan fingerprint density at radius 1 is 1.40 bits per heavy atom. The molecule has 1 rings (SSSR count). The summed E-state index contributed by atoms with van der Waals surface area (Å²) in [6, 6.07) is 3.79. The van der Waals surface area contributed by atoms with Gasteiger partial charge < -0.3 is 10.1 Å². The van der Waals surface area contributed by atoms with Crippen molar-refractivity contribution in [3.63, 3.8) is 0 Å². The number of nitrogens with one attached hydrogen (secondary N) is 1. The lowest BCUT2D eigenvalue weighted by atomic mass is 10.2. The first kappa shape index (κ1) is 12.4.